The average Bonchev–Trinajstić information content (AvgIpc) is 3.18. The number of carbonyl (C=O) groups is 1. The highest BCUT2D eigenvalue weighted by atomic mass is 79.9. The van der Waals surface area contributed by atoms with E-state index < -0.39 is 10.0 Å². The highest BCUT2D eigenvalue weighted by Gasteiger charge is 2.24. The van der Waals surface area contributed by atoms with Crippen molar-refractivity contribution in [1.82, 2.24) is 14.6 Å². The number of halogens is 1. The number of benzene rings is 2. The average molecular weight is 474 g/mol. The summed E-state index contributed by atoms with van der Waals surface area (Å²) in [6.45, 7) is 1.04. The molecule has 6 nitrogen and oxygen atoms in total. The van der Waals surface area contributed by atoms with Gasteiger partial charge < -0.3 is 9.88 Å². The molecule has 1 amide bonds. The third-order valence-corrected chi connectivity index (χ3v) is 7.28. The minimum absolute atomic E-state index is 0.0681. The molecule has 0 saturated carbocycles. The molecule has 0 spiro atoms. The molecule has 0 unspecified atom stereocenters. The van der Waals surface area contributed by atoms with E-state index in [9.17, 15) is 13.2 Å². The zero-order valence-corrected chi connectivity index (χ0v) is 18.2. The van der Waals surface area contributed by atoms with E-state index in [4.69, 9.17) is 0 Å². The van der Waals surface area contributed by atoms with Gasteiger partial charge in [0.15, 0.2) is 0 Å². The summed E-state index contributed by atoms with van der Waals surface area (Å²) < 4.78 is 27.0. The van der Waals surface area contributed by atoms with Crippen molar-refractivity contribution in [3.05, 3.63) is 70.3 Å². The first kappa shape index (κ1) is 19.9. The second-order valence-corrected chi connectivity index (χ2v) is 9.57. The molecule has 0 atom stereocenters. The van der Waals surface area contributed by atoms with Crippen LogP contribution in [0, 0.1) is 0 Å². The molecule has 1 aliphatic rings. The van der Waals surface area contributed by atoms with E-state index in [1.54, 1.807) is 11.0 Å². The molecule has 2 aromatic carbocycles. The Kier molecular flexibility index (Phi) is 5.33. The third-order valence-electron chi connectivity index (χ3n) is 5.18. The van der Waals surface area contributed by atoms with Crippen molar-refractivity contribution in [1.29, 1.82) is 0 Å². The molecule has 3 aromatic rings. The smallest absolute Gasteiger partial charge is 0.255 e. The summed E-state index contributed by atoms with van der Waals surface area (Å²) in [7, 11) is -2.27. The molecule has 150 valence electrons. The minimum Gasteiger partial charge on any atom is -0.361 e. The largest absolute Gasteiger partial charge is 0.361 e. The standard InChI is InChI=1S/C21H20BrN3O3S/c1-23-29(27,28)15-6-7-19(22)17(12-15)21(26)25-10-8-14(9-11-25)18-13-24-20-5-3-2-4-16(18)20/h2-8,12-13,23-24H,9-11H2,1H3. The minimum atomic E-state index is -3.62. The summed E-state index contributed by atoms with van der Waals surface area (Å²) in [6, 6.07) is 12.6. The number of fused-ring (bicyclic) bond motifs is 1. The quantitative estimate of drug-likeness (QED) is 0.604. The van der Waals surface area contributed by atoms with Gasteiger partial charge in [0.05, 0.1) is 10.5 Å². The van der Waals surface area contributed by atoms with Crippen molar-refractivity contribution >= 4 is 48.3 Å². The highest BCUT2D eigenvalue weighted by Crippen LogP contribution is 2.30. The molecule has 0 saturated heterocycles. The van der Waals surface area contributed by atoms with Gasteiger partial charge in [-0.15, -0.1) is 0 Å². The number of rotatable bonds is 4. The van der Waals surface area contributed by atoms with Crippen LogP contribution in [-0.4, -0.2) is 44.3 Å². The Morgan fingerprint density at radius 3 is 2.72 bits per heavy atom. The molecule has 4 rings (SSSR count). The van der Waals surface area contributed by atoms with Crippen LogP contribution in [0.25, 0.3) is 16.5 Å². The number of aromatic nitrogens is 1. The molecule has 0 fully saturated rings. The lowest BCUT2D eigenvalue weighted by Crippen LogP contribution is -2.35. The van der Waals surface area contributed by atoms with Crippen molar-refractivity contribution in [2.75, 3.05) is 20.1 Å². The fourth-order valence-corrected chi connectivity index (χ4v) is 4.73. The lowest BCUT2D eigenvalue weighted by Gasteiger charge is -2.27. The Morgan fingerprint density at radius 1 is 1.21 bits per heavy atom. The monoisotopic (exact) mass is 473 g/mol. The van der Waals surface area contributed by atoms with Crippen LogP contribution in [0.5, 0.6) is 0 Å². The number of para-hydroxylation sites is 1. The summed E-state index contributed by atoms with van der Waals surface area (Å²) >= 11 is 3.37. The summed E-state index contributed by atoms with van der Waals surface area (Å²) in [5.41, 5.74) is 3.80. The highest BCUT2D eigenvalue weighted by molar-refractivity contribution is 9.10. The number of sulfonamides is 1. The van der Waals surface area contributed by atoms with Crippen LogP contribution in [0.3, 0.4) is 0 Å². The predicted molar refractivity (Wildman–Crippen MR) is 117 cm³/mol. The van der Waals surface area contributed by atoms with E-state index >= 15 is 0 Å². The van der Waals surface area contributed by atoms with E-state index in [-0.39, 0.29) is 10.8 Å². The maximum atomic E-state index is 13.0. The number of hydrogen-bond donors (Lipinski definition) is 2. The van der Waals surface area contributed by atoms with Crippen LogP contribution in [-0.2, 0) is 10.0 Å². The maximum Gasteiger partial charge on any atom is 0.255 e. The lowest BCUT2D eigenvalue weighted by atomic mass is 9.98. The van der Waals surface area contributed by atoms with E-state index in [1.165, 1.54) is 30.1 Å². The van der Waals surface area contributed by atoms with Gasteiger partial charge >= 0.3 is 0 Å². The number of nitrogens with zero attached hydrogens (tertiary/aromatic N) is 1. The van der Waals surface area contributed by atoms with Crippen LogP contribution < -0.4 is 4.72 Å². The lowest BCUT2D eigenvalue weighted by molar-refractivity contribution is 0.0771. The zero-order valence-electron chi connectivity index (χ0n) is 15.8. The SMILES string of the molecule is CNS(=O)(=O)c1ccc(Br)c(C(=O)N2CC=C(c3c[nH]c4ccccc34)CC2)c1. The van der Waals surface area contributed by atoms with Gasteiger partial charge in [-0.3, -0.25) is 4.79 Å². The van der Waals surface area contributed by atoms with Crippen LogP contribution in [0.2, 0.25) is 0 Å². The van der Waals surface area contributed by atoms with E-state index in [1.807, 2.05) is 24.4 Å². The molecule has 2 N–H and O–H groups in total. The van der Waals surface area contributed by atoms with Crippen LogP contribution in [0.1, 0.15) is 22.3 Å². The zero-order chi connectivity index (χ0) is 20.6. The molecule has 1 aliphatic heterocycles. The van der Waals surface area contributed by atoms with Gasteiger partial charge in [0.2, 0.25) is 10.0 Å². The summed E-state index contributed by atoms with van der Waals surface area (Å²) in [5, 5.41) is 1.17. The normalized spacial score (nSPS) is 14.8. The number of H-pyrrole nitrogens is 1. The Balaban J connectivity index is 1.59. The molecule has 0 radical (unpaired) electrons. The van der Waals surface area contributed by atoms with E-state index in [0.29, 0.717) is 23.1 Å². The fourth-order valence-electron chi connectivity index (χ4n) is 3.56. The van der Waals surface area contributed by atoms with Crippen LogP contribution in [0.4, 0.5) is 0 Å². The van der Waals surface area contributed by atoms with Crippen LogP contribution >= 0.6 is 15.9 Å². The van der Waals surface area contributed by atoms with Crippen LogP contribution in [0.15, 0.2) is 64.1 Å². The fraction of sp³-hybridized carbons (Fsp3) is 0.190. The molecule has 29 heavy (non-hydrogen) atoms. The second-order valence-electron chi connectivity index (χ2n) is 6.83. The first-order valence-corrected chi connectivity index (χ1v) is 11.5. The maximum absolute atomic E-state index is 13.0. The Labute approximate surface area is 177 Å². The Hall–Kier alpha value is -2.42. The topological polar surface area (TPSA) is 82.3 Å². The third kappa shape index (κ3) is 3.75. The predicted octanol–water partition coefficient (Wildman–Crippen LogP) is 3.77. The molecule has 2 heterocycles. The first-order valence-electron chi connectivity index (χ1n) is 9.18. The number of aromatic amines is 1. The molecule has 8 heteroatoms. The van der Waals surface area contributed by atoms with E-state index in [2.05, 4.69) is 37.8 Å². The van der Waals surface area contributed by atoms with Crippen molar-refractivity contribution < 1.29 is 13.2 Å². The van der Waals surface area contributed by atoms with Crippen molar-refractivity contribution in [2.24, 2.45) is 0 Å². The van der Waals surface area contributed by atoms with Crippen molar-refractivity contribution in [3.63, 3.8) is 0 Å². The number of carbonyl (C=O) groups excluding carboxylic acids is 1. The van der Waals surface area contributed by atoms with Gasteiger partial charge in [-0.1, -0.05) is 24.3 Å². The van der Waals surface area contributed by atoms with Crippen molar-refractivity contribution in [3.8, 4) is 0 Å². The van der Waals surface area contributed by atoms with Gasteiger partial charge in [0.1, 0.15) is 0 Å². The number of hydrogen-bond acceptors (Lipinski definition) is 3. The van der Waals surface area contributed by atoms with Crippen molar-refractivity contribution in [2.45, 2.75) is 11.3 Å². The first-order chi connectivity index (χ1) is 13.9. The van der Waals surface area contributed by atoms with Gasteiger partial charge in [0, 0.05) is 40.2 Å². The Bertz CT molecular complexity index is 1230. The summed E-state index contributed by atoms with van der Waals surface area (Å²) in [6.07, 6.45) is 4.81. The second kappa shape index (κ2) is 7.78. The molecule has 0 bridgehead atoms. The number of amides is 1. The molecule has 1 aromatic heterocycles. The molecular weight excluding hydrogens is 454 g/mol. The summed E-state index contributed by atoms with van der Waals surface area (Å²) in [4.78, 5) is 18.1. The van der Waals surface area contributed by atoms with Gasteiger partial charge in [-0.2, -0.15) is 0 Å². The van der Waals surface area contributed by atoms with E-state index in [0.717, 1.165) is 17.5 Å². The molecule has 0 aliphatic carbocycles. The van der Waals surface area contributed by atoms with Gasteiger partial charge in [0.25, 0.3) is 5.91 Å². The molecular formula is C21H20BrN3O3S. The van der Waals surface area contributed by atoms with Gasteiger partial charge in [-0.05, 0) is 59.2 Å². The number of nitrogens with one attached hydrogen (secondary N) is 2. The Morgan fingerprint density at radius 2 is 2.00 bits per heavy atom. The van der Waals surface area contributed by atoms with Gasteiger partial charge in [-0.25, -0.2) is 13.1 Å². The summed E-state index contributed by atoms with van der Waals surface area (Å²) in [5.74, 6) is -0.195.